The van der Waals surface area contributed by atoms with Gasteiger partial charge in [0.1, 0.15) is 0 Å². The highest BCUT2D eigenvalue weighted by molar-refractivity contribution is 5.79. The molecule has 3 rings (SSSR count). The maximum atomic E-state index is 12.4. The fourth-order valence-electron chi connectivity index (χ4n) is 2.94. The van der Waals surface area contributed by atoms with Gasteiger partial charge in [0.05, 0.1) is 20.1 Å². The smallest absolute Gasteiger partial charge is 0.232 e. The molecule has 2 aromatic rings. The molecule has 0 aliphatic carbocycles. The Hall–Kier alpha value is -2.57. The summed E-state index contributed by atoms with van der Waals surface area (Å²) in [5, 5.41) is 3.99. The molecule has 1 aromatic heterocycles. The third-order valence-electron chi connectivity index (χ3n) is 4.36. The van der Waals surface area contributed by atoms with Crippen LogP contribution < -0.4 is 9.47 Å². The highest BCUT2D eigenvalue weighted by atomic mass is 16.5. The van der Waals surface area contributed by atoms with E-state index in [1.165, 1.54) is 0 Å². The summed E-state index contributed by atoms with van der Waals surface area (Å²) in [6, 6.07) is 5.67. The molecule has 1 aromatic carbocycles. The number of benzene rings is 1. The first-order chi connectivity index (χ1) is 12.0. The summed E-state index contributed by atoms with van der Waals surface area (Å²) in [6.07, 6.45) is 0.396. The molecule has 7 nitrogen and oxygen atoms in total. The summed E-state index contributed by atoms with van der Waals surface area (Å²) in [7, 11) is 3.20. The number of methoxy groups -OCH3 is 2. The van der Waals surface area contributed by atoms with E-state index >= 15 is 0 Å². The van der Waals surface area contributed by atoms with Gasteiger partial charge < -0.3 is 18.9 Å². The van der Waals surface area contributed by atoms with E-state index in [2.05, 4.69) is 10.1 Å². The lowest BCUT2D eigenvalue weighted by molar-refractivity contribution is -0.128. The van der Waals surface area contributed by atoms with Crippen molar-refractivity contribution in [1.29, 1.82) is 0 Å². The molecular weight excluding hydrogens is 322 g/mol. The lowest BCUT2D eigenvalue weighted by Crippen LogP contribution is -2.24. The van der Waals surface area contributed by atoms with Crippen LogP contribution in [0.1, 0.15) is 49.4 Å². The van der Waals surface area contributed by atoms with Crippen LogP contribution in [0.25, 0.3) is 0 Å². The number of carbonyl (C=O) groups is 1. The van der Waals surface area contributed by atoms with Crippen LogP contribution in [-0.2, 0) is 11.3 Å². The Bertz CT molecular complexity index is 757. The maximum absolute atomic E-state index is 12.4. The van der Waals surface area contributed by atoms with E-state index in [1.54, 1.807) is 14.2 Å². The van der Waals surface area contributed by atoms with E-state index in [0.29, 0.717) is 42.7 Å². The zero-order valence-electron chi connectivity index (χ0n) is 15.0. The summed E-state index contributed by atoms with van der Waals surface area (Å²) >= 11 is 0. The van der Waals surface area contributed by atoms with E-state index in [1.807, 2.05) is 36.9 Å². The highest BCUT2D eigenvalue weighted by Gasteiger charge is 2.34. The molecule has 2 heterocycles. The quantitative estimate of drug-likeness (QED) is 0.801. The summed E-state index contributed by atoms with van der Waals surface area (Å²) in [5.41, 5.74) is 0.986. The first kappa shape index (κ1) is 17.3. The number of amides is 1. The molecule has 1 aliphatic heterocycles. The van der Waals surface area contributed by atoms with Gasteiger partial charge >= 0.3 is 0 Å². The number of nitrogens with zero attached hydrogens (tertiary/aromatic N) is 3. The molecular formula is C18H23N3O4. The molecule has 1 saturated heterocycles. The topological polar surface area (TPSA) is 77.7 Å². The average molecular weight is 345 g/mol. The first-order valence-corrected chi connectivity index (χ1v) is 8.34. The highest BCUT2D eigenvalue weighted by Crippen LogP contribution is 2.31. The lowest BCUT2D eigenvalue weighted by atomic mass is 10.1. The van der Waals surface area contributed by atoms with Crippen LogP contribution in [0.15, 0.2) is 22.7 Å². The monoisotopic (exact) mass is 345 g/mol. The van der Waals surface area contributed by atoms with Gasteiger partial charge in [0, 0.05) is 25.4 Å². The van der Waals surface area contributed by atoms with Crippen molar-refractivity contribution in [3.05, 3.63) is 35.5 Å². The van der Waals surface area contributed by atoms with E-state index in [4.69, 9.17) is 14.0 Å². The predicted octanol–water partition coefficient (Wildman–Crippen LogP) is 2.73. The lowest BCUT2D eigenvalue weighted by Gasteiger charge is -2.17. The standard InChI is InChI=1S/C18H23N3O4/c1-11(2)17-19-18(25-20-17)13-8-16(22)21(10-13)9-12-5-6-14(23-3)15(7-12)24-4/h5-7,11,13H,8-10H2,1-4H3. The van der Waals surface area contributed by atoms with Crippen molar-refractivity contribution in [3.63, 3.8) is 0 Å². The molecule has 7 heteroatoms. The van der Waals surface area contributed by atoms with Gasteiger partial charge in [-0.3, -0.25) is 4.79 Å². The zero-order valence-corrected chi connectivity index (χ0v) is 15.0. The number of hydrogen-bond acceptors (Lipinski definition) is 6. The molecule has 1 amide bonds. The van der Waals surface area contributed by atoms with Crippen LogP contribution >= 0.6 is 0 Å². The Labute approximate surface area is 146 Å². The van der Waals surface area contributed by atoms with Crippen LogP contribution in [0.4, 0.5) is 0 Å². The van der Waals surface area contributed by atoms with Crippen molar-refractivity contribution in [1.82, 2.24) is 15.0 Å². The number of hydrogen-bond donors (Lipinski definition) is 0. The summed E-state index contributed by atoms with van der Waals surface area (Å²) in [4.78, 5) is 18.6. The molecule has 134 valence electrons. The number of likely N-dealkylation sites (tertiary alicyclic amines) is 1. The van der Waals surface area contributed by atoms with Crippen molar-refractivity contribution in [2.75, 3.05) is 20.8 Å². The number of rotatable bonds is 6. The van der Waals surface area contributed by atoms with Crippen LogP contribution in [0.3, 0.4) is 0 Å². The van der Waals surface area contributed by atoms with Crippen molar-refractivity contribution in [3.8, 4) is 11.5 Å². The van der Waals surface area contributed by atoms with Gasteiger partial charge in [-0.05, 0) is 17.7 Å². The molecule has 0 radical (unpaired) electrons. The minimum Gasteiger partial charge on any atom is -0.493 e. The Morgan fingerprint density at radius 2 is 2.04 bits per heavy atom. The minimum absolute atomic E-state index is 0.0485. The van der Waals surface area contributed by atoms with E-state index < -0.39 is 0 Å². The average Bonchev–Trinajstić information content (AvgIpc) is 3.22. The second-order valence-corrected chi connectivity index (χ2v) is 6.51. The van der Waals surface area contributed by atoms with Gasteiger partial charge in [0.25, 0.3) is 0 Å². The Morgan fingerprint density at radius 3 is 2.68 bits per heavy atom. The van der Waals surface area contributed by atoms with Crippen LogP contribution in [-0.4, -0.2) is 41.7 Å². The van der Waals surface area contributed by atoms with Gasteiger partial charge in [0.15, 0.2) is 17.3 Å². The van der Waals surface area contributed by atoms with Crippen LogP contribution in [0, 0.1) is 0 Å². The third-order valence-corrected chi connectivity index (χ3v) is 4.36. The third kappa shape index (κ3) is 3.60. The second kappa shape index (κ2) is 7.13. The van der Waals surface area contributed by atoms with Gasteiger partial charge in [0.2, 0.25) is 11.8 Å². The Balaban J connectivity index is 1.70. The van der Waals surface area contributed by atoms with Crippen molar-refractivity contribution in [2.45, 2.75) is 38.6 Å². The Kier molecular flexibility index (Phi) is 4.92. The molecule has 0 saturated carbocycles. The summed E-state index contributed by atoms with van der Waals surface area (Å²) < 4.78 is 15.9. The largest absolute Gasteiger partial charge is 0.493 e. The maximum Gasteiger partial charge on any atom is 0.232 e. The molecule has 0 spiro atoms. The van der Waals surface area contributed by atoms with Gasteiger partial charge in [-0.25, -0.2) is 0 Å². The fraction of sp³-hybridized carbons (Fsp3) is 0.500. The molecule has 0 N–H and O–H groups in total. The van der Waals surface area contributed by atoms with Gasteiger partial charge in [-0.2, -0.15) is 4.98 Å². The Morgan fingerprint density at radius 1 is 1.28 bits per heavy atom. The summed E-state index contributed by atoms with van der Waals surface area (Å²) in [5.74, 6) is 2.80. The molecule has 1 unspecified atom stereocenters. The predicted molar refractivity (Wildman–Crippen MR) is 90.7 cm³/mol. The molecule has 25 heavy (non-hydrogen) atoms. The molecule has 1 atom stereocenters. The van der Waals surface area contributed by atoms with Crippen molar-refractivity contribution >= 4 is 5.91 Å². The normalized spacial score (nSPS) is 17.4. The van der Waals surface area contributed by atoms with E-state index in [9.17, 15) is 4.79 Å². The van der Waals surface area contributed by atoms with Crippen LogP contribution in [0.2, 0.25) is 0 Å². The minimum atomic E-state index is -0.0485. The van der Waals surface area contributed by atoms with E-state index in [-0.39, 0.29) is 17.7 Å². The SMILES string of the molecule is COc1ccc(CN2CC(c3nc(C(C)C)no3)CC2=O)cc1OC. The zero-order chi connectivity index (χ0) is 18.0. The second-order valence-electron chi connectivity index (χ2n) is 6.51. The number of carbonyl (C=O) groups excluding carboxylic acids is 1. The molecule has 0 bridgehead atoms. The van der Waals surface area contributed by atoms with E-state index in [0.717, 1.165) is 5.56 Å². The number of aromatic nitrogens is 2. The van der Waals surface area contributed by atoms with Crippen molar-refractivity contribution in [2.24, 2.45) is 0 Å². The fourth-order valence-corrected chi connectivity index (χ4v) is 2.94. The number of ether oxygens (including phenoxy) is 2. The molecule has 1 aliphatic rings. The first-order valence-electron chi connectivity index (χ1n) is 8.34. The van der Waals surface area contributed by atoms with Gasteiger partial charge in [-0.15, -0.1) is 0 Å². The molecule has 1 fully saturated rings. The van der Waals surface area contributed by atoms with Crippen LogP contribution in [0.5, 0.6) is 11.5 Å². The van der Waals surface area contributed by atoms with Gasteiger partial charge in [-0.1, -0.05) is 25.1 Å². The summed E-state index contributed by atoms with van der Waals surface area (Å²) in [6.45, 7) is 5.11. The van der Waals surface area contributed by atoms with Crippen molar-refractivity contribution < 1.29 is 18.8 Å².